The van der Waals surface area contributed by atoms with Crippen LogP contribution in [0.5, 0.6) is 0 Å². The summed E-state index contributed by atoms with van der Waals surface area (Å²) in [5.41, 5.74) is 1.29. The third-order valence-corrected chi connectivity index (χ3v) is 3.41. The van der Waals surface area contributed by atoms with Crippen LogP contribution in [-0.2, 0) is 4.74 Å². The van der Waals surface area contributed by atoms with Crippen LogP contribution in [0.1, 0.15) is 27.2 Å². The molecule has 1 rings (SSSR count). The molecular formula is C17H27N3O4. The van der Waals surface area contributed by atoms with Gasteiger partial charge in [0.15, 0.2) is 0 Å². The van der Waals surface area contributed by atoms with Crippen molar-refractivity contribution in [2.45, 2.75) is 33.3 Å². The molecule has 0 aromatic heterocycles. The Hall–Kier alpha value is -2.28. The lowest BCUT2D eigenvalue weighted by Crippen LogP contribution is -2.33. The summed E-state index contributed by atoms with van der Waals surface area (Å²) in [6.45, 7) is 6.24. The van der Waals surface area contributed by atoms with Crippen molar-refractivity contribution in [1.82, 2.24) is 5.32 Å². The van der Waals surface area contributed by atoms with Crippen LogP contribution in [0.3, 0.4) is 0 Å². The first-order valence-electron chi connectivity index (χ1n) is 8.07. The van der Waals surface area contributed by atoms with Crippen LogP contribution < -0.4 is 15.5 Å². The van der Waals surface area contributed by atoms with Gasteiger partial charge in [-0.15, -0.1) is 0 Å². The van der Waals surface area contributed by atoms with Gasteiger partial charge in [-0.05, 0) is 50.5 Å². The zero-order valence-corrected chi connectivity index (χ0v) is 14.7. The minimum absolute atomic E-state index is 0.191. The first-order chi connectivity index (χ1) is 11.3. The van der Waals surface area contributed by atoms with E-state index in [0.29, 0.717) is 30.9 Å². The summed E-state index contributed by atoms with van der Waals surface area (Å²) in [7, 11) is 1.62. The van der Waals surface area contributed by atoms with Crippen molar-refractivity contribution in [2.24, 2.45) is 5.92 Å². The molecule has 134 valence electrons. The zero-order chi connectivity index (χ0) is 18.1. The molecule has 0 aliphatic rings. The maximum atomic E-state index is 11.8. The van der Waals surface area contributed by atoms with Gasteiger partial charge in [0, 0.05) is 25.0 Å². The van der Waals surface area contributed by atoms with Crippen molar-refractivity contribution >= 4 is 23.5 Å². The van der Waals surface area contributed by atoms with Gasteiger partial charge < -0.3 is 20.5 Å². The fraction of sp³-hybridized carbons (Fsp3) is 0.529. The van der Waals surface area contributed by atoms with Crippen molar-refractivity contribution in [3.63, 3.8) is 0 Å². The van der Waals surface area contributed by atoms with E-state index in [-0.39, 0.29) is 18.1 Å². The van der Waals surface area contributed by atoms with Crippen LogP contribution in [-0.4, -0.2) is 43.5 Å². The van der Waals surface area contributed by atoms with Crippen LogP contribution in [0.15, 0.2) is 24.3 Å². The number of aliphatic hydroxyl groups is 1. The number of carbonyl (C=O) groups excluding carboxylic acids is 2. The van der Waals surface area contributed by atoms with Crippen molar-refractivity contribution in [3.8, 4) is 0 Å². The standard InChI is InChI=1S/C17H27N3O4/c1-5-24-17(23)20(4)15-8-6-14(7-9-15)19-16(22)18-11-12(2)10-13(3)21/h6-9,12-13,21H,5,10-11H2,1-4H3,(H2,18,19,22)/t12-,13+/m0/s1. The molecule has 0 aliphatic heterocycles. The summed E-state index contributed by atoms with van der Waals surface area (Å²) < 4.78 is 4.92. The largest absolute Gasteiger partial charge is 0.449 e. The quantitative estimate of drug-likeness (QED) is 0.713. The number of carbonyl (C=O) groups is 2. The second kappa shape index (κ2) is 9.77. The number of ether oxygens (including phenoxy) is 1. The lowest BCUT2D eigenvalue weighted by molar-refractivity contribution is 0.161. The molecule has 0 saturated heterocycles. The molecule has 24 heavy (non-hydrogen) atoms. The first-order valence-corrected chi connectivity index (χ1v) is 8.07. The van der Waals surface area contributed by atoms with Crippen LogP contribution in [0.2, 0.25) is 0 Å². The summed E-state index contributed by atoms with van der Waals surface area (Å²) in [6, 6.07) is 6.57. The van der Waals surface area contributed by atoms with Crippen LogP contribution in [0.4, 0.5) is 21.0 Å². The zero-order valence-electron chi connectivity index (χ0n) is 14.7. The molecule has 0 bridgehead atoms. The number of amides is 3. The lowest BCUT2D eigenvalue weighted by Gasteiger charge is -2.17. The average Bonchev–Trinajstić information content (AvgIpc) is 2.52. The van der Waals surface area contributed by atoms with Crippen molar-refractivity contribution in [1.29, 1.82) is 0 Å². The Bertz CT molecular complexity index is 531. The third kappa shape index (κ3) is 6.87. The Morgan fingerprint density at radius 2 is 1.88 bits per heavy atom. The molecular weight excluding hydrogens is 310 g/mol. The smallest absolute Gasteiger partial charge is 0.413 e. The van der Waals surface area contributed by atoms with E-state index in [9.17, 15) is 14.7 Å². The molecule has 0 unspecified atom stereocenters. The molecule has 1 aromatic rings. The Balaban J connectivity index is 2.49. The number of benzene rings is 1. The monoisotopic (exact) mass is 337 g/mol. The molecule has 0 saturated carbocycles. The second-order valence-corrected chi connectivity index (χ2v) is 5.83. The lowest BCUT2D eigenvalue weighted by atomic mass is 10.1. The molecule has 0 aliphatic carbocycles. The Morgan fingerprint density at radius 1 is 1.25 bits per heavy atom. The first kappa shape index (κ1) is 19.8. The number of nitrogens with one attached hydrogen (secondary N) is 2. The fourth-order valence-corrected chi connectivity index (χ4v) is 2.20. The van der Waals surface area contributed by atoms with Gasteiger partial charge in [0.25, 0.3) is 0 Å². The molecule has 0 fully saturated rings. The normalized spacial score (nSPS) is 12.9. The van der Waals surface area contributed by atoms with E-state index in [0.717, 1.165) is 0 Å². The second-order valence-electron chi connectivity index (χ2n) is 5.83. The maximum Gasteiger partial charge on any atom is 0.413 e. The van der Waals surface area contributed by atoms with E-state index in [1.165, 1.54) is 4.90 Å². The predicted molar refractivity (Wildman–Crippen MR) is 94.4 cm³/mol. The predicted octanol–water partition coefficient (Wildman–Crippen LogP) is 2.81. The highest BCUT2D eigenvalue weighted by atomic mass is 16.6. The summed E-state index contributed by atoms with van der Waals surface area (Å²) >= 11 is 0. The van der Waals surface area contributed by atoms with Crippen molar-refractivity contribution in [3.05, 3.63) is 24.3 Å². The number of anilines is 2. The maximum absolute atomic E-state index is 11.8. The molecule has 1 aromatic carbocycles. The molecule has 3 amide bonds. The van der Waals surface area contributed by atoms with Gasteiger partial charge in [-0.3, -0.25) is 4.90 Å². The molecule has 7 nitrogen and oxygen atoms in total. The molecule has 0 radical (unpaired) electrons. The molecule has 7 heteroatoms. The van der Waals surface area contributed by atoms with E-state index in [2.05, 4.69) is 10.6 Å². The number of rotatable bonds is 7. The van der Waals surface area contributed by atoms with E-state index in [1.807, 2.05) is 6.92 Å². The van der Waals surface area contributed by atoms with E-state index in [4.69, 9.17) is 4.74 Å². The minimum atomic E-state index is -0.428. The highest BCUT2D eigenvalue weighted by Crippen LogP contribution is 2.17. The number of aliphatic hydroxyl groups excluding tert-OH is 1. The SMILES string of the molecule is CCOC(=O)N(C)c1ccc(NC(=O)NC[C@@H](C)C[C@@H](C)O)cc1. The van der Waals surface area contributed by atoms with Gasteiger partial charge in [0.2, 0.25) is 0 Å². The van der Waals surface area contributed by atoms with Gasteiger partial charge >= 0.3 is 12.1 Å². The summed E-state index contributed by atoms with van der Waals surface area (Å²) in [6.07, 6.45) is -0.174. The van der Waals surface area contributed by atoms with Gasteiger partial charge in [0.1, 0.15) is 0 Å². The third-order valence-electron chi connectivity index (χ3n) is 3.41. The van der Waals surface area contributed by atoms with Crippen LogP contribution >= 0.6 is 0 Å². The summed E-state index contributed by atoms with van der Waals surface area (Å²) in [5, 5.41) is 14.8. The van der Waals surface area contributed by atoms with E-state index in [1.54, 1.807) is 45.2 Å². The highest BCUT2D eigenvalue weighted by Gasteiger charge is 2.12. The van der Waals surface area contributed by atoms with E-state index >= 15 is 0 Å². The number of hydrogen-bond donors (Lipinski definition) is 3. The molecule has 3 N–H and O–H groups in total. The van der Waals surface area contributed by atoms with E-state index < -0.39 is 6.09 Å². The number of nitrogens with zero attached hydrogens (tertiary/aromatic N) is 1. The van der Waals surface area contributed by atoms with Gasteiger partial charge in [-0.25, -0.2) is 9.59 Å². The minimum Gasteiger partial charge on any atom is -0.449 e. The van der Waals surface area contributed by atoms with Crippen molar-refractivity contribution < 1.29 is 19.4 Å². The van der Waals surface area contributed by atoms with Gasteiger partial charge in [-0.2, -0.15) is 0 Å². The Morgan fingerprint density at radius 3 is 2.42 bits per heavy atom. The Labute approximate surface area is 143 Å². The molecule has 0 heterocycles. The van der Waals surface area contributed by atoms with Gasteiger partial charge in [0.05, 0.1) is 12.7 Å². The summed E-state index contributed by atoms with van der Waals surface area (Å²) in [5.74, 6) is 0.191. The molecule has 0 spiro atoms. The Kier molecular flexibility index (Phi) is 8.05. The van der Waals surface area contributed by atoms with Crippen LogP contribution in [0.25, 0.3) is 0 Å². The highest BCUT2D eigenvalue weighted by molar-refractivity contribution is 5.90. The van der Waals surface area contributed by atoms with Gasteiger partial charge in [-0.1, -0.05) is 6.92 Å². The summed E-state index contributed by atoms with van der Waals surface area (Å²) in [4.78, 5) is 24.9. The topological polar surface area (TPSA) is 90.9 Å². The number of hydrogen-bond acceptors (Lipinski definition) is 4. The molecule has 2 atom stereocenters. The van der Waals surface area contributed by atoms with Crippen LogP contribution in [0, 0.1) is 5.92 Å². The fourth-order valence-electron chi connectivity index (χ4n) is 2.20. The van der Waals surface area contributed by atoms with Crippen molar-refractivity contribution in [2.75, 3.05) is 30.4 Å². The average molecular weight is 337 g/mol. The number of urea groups is 1.